The van der Waals surface area contributed by atoms with E-state index < -0.39 is 11.9 Å². The van der Waals surface area contributed by atoms with Crippen LogP contribution in [0.4, 0.5) is 0 Å². The van der Waals surface area contributed by atoms with Crippen molar-refractivity contribution in [3.63, 3.8) is 0 Å². The van der Waals surface area contributed by atoms with Gasteiger partial charge in [0.25, 0.3) is 0 Å². The minimum absolute atomic E-state index is 0.0250. The maximum Gasteiger partial charge on any atom is 0.340 e. The molecule has 3 aliphatic rings. The van der Waals surface area contributed by atoms with Crippen molar-refractivity contribution in [2.24, 2.45) is 5.73 Å². The summed E-state index contributed by atoms with van der Waals surface area (Å²) in [5, 5.41) is 0. The van der Waals surface area contributed by atoms with Gasteiger partial charge in [0.2, 0.25) is 12.7 Å². The Bertz CT molecular complexity index is 838. The summed E-state index contributed by atoms with van der Waals surface area (Å²) in [5.41, 5.74) is 7.32. The van der Waals surface area contributed by atoms with Gasteiger partial charge in [0.1, 0.15) is 11.3 Å². The van der Waals surface area contributed by atoms with E-state index in [0.29, 0.717) is 47.7 Å². The predicted octanol–water partition coefficient (Wildman–Crippen LogP) is 1.88. The van der Waals surface area contributed by atoms with Gasteiger partial charge in [0.05, 0.1) is 13.0 Å². The van der Waals surface area contributed by atoms with E-state index in [4.69, 9.17) is 24.7 Å². The minimum Gasteiger partial charge on any atom is -0.465 e. The molecule has 0 aromatic heterocycles. The van der Waals surface area contributed by atoms with E-state index in [0.717, 1.165) is 0 Å². The fraction of sp³-hybridized carbons (Fsp3) is 0.333. The third-order valence-electron chi connectivity index (χ3n) is 4.62. The van der Waals surface area contributed by atoms with Crippen molar-refractivity contribution in [3.8, 4) is 11.5 Å². The topological polar surface area (TPSA) is 97.1 Å². The van der Waals surface area contributed by atoms with Crippen LogP contribution < -0.4 is 15.2 Å². The van der Waals surface area contributed by atoms with Gasteiger partial charge in [0.15, 0.2) is 17.3 Å². The first-order valence-corrected chi connectivity index (χ1v) is 8.01. The van der Waals surface area contributed by atoms with Gasteiger partial charge in [-0.2, -0.15) is 0 Å². The maximum atomic E-state index is 12.6. The number of Topliss-reactive ketones (excluding diaryl/α,β-unsaturated/α-hetero) is 1. The molecule has 1 atom stereocenters. The number of benzene rings is 1. The molecule has 2 heterocycles. The van der Waals surface area contributed by atoms with Gasteiger partial charge in [-0.1, -0.05) is 6.07 Å². The van der Waals surface area contributed by atoms with Crippen molar-refractivity contribution in [2.75, 3.05) is 13.9 Å². The van der Waals surface area contributed by atoms with Crippen molar-refractivity contribution in [2.45, 2.75) is 25.2 Å². The molecule has 0 fully saturated rings. The largest absolute Gasteiger partial charge is 0.465 e. The lowest BCUT2D eigenvalue weighted by Gasteiger charge is -2.32. The smallest absolute Gasteiger partial charge is 0.340 e. The fourth-order valence-corrected chi connectivity index (χ4v) is 3.49. The third kappa shape index (κ3) is 2.43. The van der Waals surface area contributed by atoms with E-state index in [-0.39, 0.29) is 24.0 Å². The lowest BCUT2D eigenvalue weighted by atomic mass is 9.77. The molecule has 0 saturated heterocycles. The molecule has 1 aliphatic carbocycles. The van der Waals surface area contributed by atoms with Crippen molar-refractivity contribution >= 4 is 11.8 Å². The number of rotatable bonds is 2. The van der Waals surface area contributed by atoms with Gasteiger partial charge in [0, 0.05) is 18.4 Å². The molecule has 0 bridgehead atoms. The number of hydrogen-bond acceptors (Lipinski definition) is 7. The van der Waals surface area contributed by atoms with E-state index in [1.165, 1.54) is 7.11 Å². The number of ether oxygens (including phenoxy) is 4. The van der Waals surface area contributed by atoms with E-state index in [9.17, 15) is 9.59 Å². The SMILES string of the molecule is COC(=O)C1=C(N)OC2=C(C(=O)CCC2)[C@H]1c1ccc2c(c1)OCO2. The van der Waals surface area contributed by atoms with Crippen molar-refractivity contribution < 1.29 is 28.5 Å². The minimum atomic E-state index is -0.640. The lowest BCUT2D eigenvalue weighted by Crippen LogP contribution is -2.31. The van der Waals surface area contributed by atoms with Crippen LogP contribution in [0.15, 0.2) is 41.0 Å². The summed E-state index contributed by atoms with van der Waals surface area (Å²) in [7, 11) is 1.27. The molecule has 1 aromatic carbocycles. The number of nitrogens with two attached hydrogens (primary N) is 1. The quantitative estimate of drug-likeness (QED) is 0.819. The molecule has 7 nitrogen and oxygen atoms in total. The van der Waals surface area contributed by atoms with Crippen molar-refractivity contribution in [3.05, 3.63) is 46.6 Å². The van der Waals surface area contributed by atoms with Crippen LogP contribution in [0.1, 0.15) is 30.7 Å². The Balaban J connectivity index is 1.88. The second kappa shape index (κ2) is 5.84. The number of methoxy groups -OCH3 is 1. The zero-order valence-electron chi connectivity index (χ0n) is 13.7. The lowest BCUT2D eigenvalue weighted by molar-refractivity contribution is -0.136. The molecule has 1 aromatic rings. The Morgan fingerprint density at radius 1 is 1.24 bits per heavy atom. The first-order chi connectivity index (χ1) is 12.1. The Hall–Kier alpha value is -2.96. The Morgan fingerprint density at radius 2 is 2.04 bits per heavy atom. The van der Waals surface area contributed by atoms with Crippen LogP contribution in [-0.2, 0) is 19.1 Å². The highest BCUT2D eigenvalue weighted by molar-refractivity contribution is 6.03. The van der Waals surface area contributed by atoms with Crippen LogP contribution in [0.2, 0.25) is 0 Å². The Morgan fingerprint density at radius 3 is 2.84 bits per heavy atom. The molecule has 4 rings (SSSR count). The molecule has 7 heteroatoms. The number of carbonyl (C=O) groups is 2. The number of allylic oxidation sites excluding steroid dienone is 2. The van der Waals surface area contributed by atoms with E-state index in [1.807, 2.05) is 0 Å². The summed E-state index contributed by atoms with van der Waals surface area (Å²) in [6.07, 6.45) is 1.72. The molecule has 130 valence electrons. The Kier molecular flexibility index (Phi) is 3.63. The van der Waals surface area contributed by atoms with Gasteiger partial charge in [-0.05, 0) is 24.1 Å². The highest BCUT2D eigenvalue weighted by Crippen LogP contribution is 2.46. The number of ketones is 1. The molecule has 0 spiro atoms. The summed E-state index contributed by atoms with van der Waals surface area (Å²) in [6.45, 7) is 0.140. The molecular weight excluding hydrogens is 326 g/mol. The molecule has 2 N–H and O–H groups in total. The van der Waals surface area contributed by atoms with Crippen LogP contribution in [0.5, 0.6) is 11.5 Å². The van der Waals surface area contributed by atoms with E-state index in [2.05, 4.69) is 0 Å². The second-order valence-corrected chi connectivity index (χ2v) is 6.03. The van der Waals surface area contributed by atoms with Crippen molar-refractivity contribution in [1.29, 1.82) is 0 Å². The molecule has 25 heavy (non-hydrogen) atoms. The number of esters is 1. The predicted molar refractivity (Wildman–Crippen MR) is 85.5 cm³/mol. The molecule has 2 aliphatic heterocycles. The zero-order valence-corrected chi connectivity index (χ0v) is 13.7. The highest BCUT2D eigenvalue weighted by Gasteiger charge is 2.41. The molecular formula is C18H17NO6. The van der Waals surface area contributed by atoms with Crippen LogP contribution in [0.25, 0.3) is 0 Å². The summed E-state index contributed by atoms with van der Waals surface area (Å²) < 4.78 is 21.2. The summed E-state index contributed by atoms with van der Waals surface area (Å²) in [5.74, 6) is 0.391. The summed E-state index contributed by atoms with van der Waals surface area (Å²) in [4.78, 5) is 24.9. The third-order valence-corrected chi connectivity index (χ3v) is 4.62. The van der Waals surface area contributed by atoms with Gasteiger partial charge < -0.3 is 24.7 Å². The molecule has 0 saturated carbocycles. The van der Waals surface area contributed by atoms with E-state index >= 15 is 0 Å². The molecule has 0 radical (unpaired) electrons. The second-order valence-electron chi connectivity index (χ2n) is 6.03. The average molecular weight is 343 g/mol. The molecule has 0 unspecified atom stereocenters. The van der Waals surface area contributed by atoms with Gasteiger partial charge in [-0.25, -0.2) is 4.79 Å². The maximum absolute atomic E-state index is 12.6. The van der Waals surface area contributed by atoms with Gasteiger partial charge in [-0.3, -0.25) is 4.79 Å². The summed E-state index contributed by atoms with van der Waals surface area (Å²) in [6, 6.07) is 5.32. The molecule has 0 amide bonds. The average Bonchev–Trinajstić information content (AvgIpc) is 3.07. The number of fused-ring (bicyclic) bond motifs is 1. The van der Waals surface area contributed by atoms with Gasteiger partial charge >= 0.3 is 5.97 Å². The highest BCUT2D eigenvalue weighted by atomic mass is 16.7. The van der Waals surface area contributed by atoms with Gasteiger partial charge in [-0.15, -0.1) is 0 Å². The van der Waals surface area contributed by atoms with E-state index in [1.54, 1.807) is 18.2 Å². The standard InChI is InChI=1S/C18H17NO6/c1-22-18(21)16-14(9-5-6-11-13(7-9)24-8-23-11)15-10(20)3-2-4-12(15)25-17(16)19/h5-7,14H,2-4,8,19H2,1H3/t14-/m1/s1. The summed E-state index contributed by atoms with van der Waals surface area (Å²) >= 11 is 0. The van der Waals surface area contributed by atoms with Crippen LogP contribution in [-0.4, -0.2) is 25.7 Å². The Labute approximate surface area is 144 Å². The number of carbonyl (C=O) groups excluding carboxylic acids is 2. The fourth-order valence-electron chi connectivity index (χ4n) is 3.49. The van der Waals surface area contributed by atoms with Crippen LogP contribution in [0, 0.1) is 0 Å². The normalized spacial score (nSPS) is 21.8. The monoisotopic (exact) mass is 343 g/mol. The first-order valence-electron chi connectivity index (χ1n) is 8.01. The van der Waals surface area contributed by atoms with Crippen LogP contribution >= 0.6 is 0 Å². The van der Waals surface area contributed by atoms with Crippen molar-refractivity contribution in [1.82, 2.24) is 0 Å². The van der Waals surface area contributed by atoms with Crippen LogP contribution in [0.3, 0.4) is 0 Å². The first kappa shape index (κ1) is 15.6. The number of hydrogen-bond donors (Lipinski definition) is 1. The zero-order chi connectivity index (χ0) is 17.6.